The molecule has 1 aromatic rings. The Balaban J connectivity index is 1.76. The summed E-state index contributed by atoms with van der Waals surface area (Å²) < 4.78 is 5.42. The average molecular weight is 302 g/mol. The maximum Gasteiger partial charge on any atom is 0.250 e. The van der Waals surface area contributed by atoms with Crippen molar-refractivity contribution in [2.45, 2.75) is 37.8 Å². The van der Waals surface area contributed by atoms with Crippen LogP contribution in [-0.4, -0.2) is 42.5 Å². The van der Waals surface area contributed by atoms with Crippen LogP contribution in [0.5, 0.6) is 0 Å². The maximum absolute atomic E-state index is 12.8. The van der Waals surface area contributed by atoms with Gasteiger partial charge in [-0.25, -0.2) is 0 Å². The SMILES string of the molecule is O=C(N[C@H](C(=O)N1CCCC1)c1ccccc1)C1CCCO1. The van der Waals surface area contributed by atoms with Crippen LogP contribution in [0.2, 0.25) is 0 Å². The third kappa shape index (κ3) is 3.30. The Bertz CT molecular complexity index is 520. The van der Waals surface area contributed by atoms with Gasteiger partial charge in [0.15, 0.2) is 0 Å². The van der Waals surface area contributed by atoms with Gasteiger partial charge in [-0.1, -0.05) is 30.3 Å². The predicted molar refractivity (Wildman–Crippen MR) is 82.1 cm³/mol. The average Bonchev–Trinajstić information content (AvgIpc) is 3.25. The van der Waals surface area contributed by atoms with Gasteiger partial charge in [0, 0.05) is 19.7 Å². The smallest absolute Gasteiger partial charge is 0.250 e. The molecule has 22 heavy (non-hydrogen) atoms. The zero-order chi connectivity index (χ0) is 15.4. The van der Waals surface area contributed by atoms with Crippen molar-refractivity contribution in [2.24, 2.45) is 0 Å². The van der Waals surface area contributed by atoms with Gasteiger partial charge in [-0.3, -0.25) is 9.59 Å². The Morgan fingerprint density at radius 2 is 1.86 bits per heavy atom. The molecule has 0 spiro atoms. The Labute approximate surface area is 130 Å². The van der Waals surface area contributed by atoms with Crippen molar-refractivity contribution in [3.63, 3.8) is 0 Å². The highest BCUT2D eigenvalue weighted by molar-refractivity contribution is 5.90. The molecule has 2 aliphatic rings. The second-order valence-corrected chi connectivity index (χ2v) is 5.89. The second-order valence-electron chi connectivity index (χ2n) is 5.89. The lowest BCUT2D eigenvalue weighted by Crippen LogP contribution is -2.45. The number of carbonyl (C=O) groups is 2. The molecule has 2 fully saturated rings. The molecule has 2 saturated heterocycles. The third-order valence-corrected chi connectivity index (χ3v) is 4.31. The van der Waals surface area contributed by atoms with Crippen molar-refractivity contribution in [2.75, 3.05) is 19.7 Å². The molecule has 2 atom stereocenters. The molecule has 1 unspecified atom stereocenters. The van der Waals surface area contributed by atoms with Crippen LogP contribution in [0.3, 0.4) is 0 Å². The van der Waals surface area contributed by atoms with Gasteiger partial charge in [-0.05, 0) is 31.2 Å². The fourth-order valence-corrected chi connectivity index (χ4v) is 3.07. The Hall–Kier alpha value is -1.88. The summed E-state index contributed by atoms with van der Waals surface area (Å²) in [5.74, 6) is -0.200. The van der Waals surface area contributed by atoms with Crippen LogP contribution >= 0.6 is 0 Å². The monoisotopic (exact) mass is 302 g/mol. The summed E-state index contributed by atoms with van der Waals surface area (Å²) in [6.45, 7) is 2.17. The van der Waals surface area contributed by atoms with Gasteiger partial charge >= 0.3 is 0 Å². The van der Waals surface area contributed by atoms with E-state index in [-0.39, 0.29) is 11.8 Å². The first-order chi connectivity index (χ1) is 10.8. The number of hydrogen-bond donors (Lipinski definition) is 1. The number of nitrogens with zero attached hydrogens (tertiary/aromatic N) is 1. The van der Waals surface area contributed by atoms with Crippen LogP contribution in [0.4, 0.5) is 0 Å². The summed E-state index contributed by atoms with van der Waals surface area (Å²) >= 11 is 0. The van der Waals surface area contributed by atoms with Crippen LogP contribution in [0.1, 0.15) is 37.3 Å². The van der Waals surface area contributed by atoms with Gasteiger partial charge in [0.2, 0.25) is 11.8 Å². The van der Waals surface area contributed by atoms with Crippen molar-refractivity contribution in [3.05, 3.63) is 35.9 Å². The van der Waals surface area contributed by atoms with Crippen molar-refractivity contribution >= 4 is 11.8 Å². The van der Waals surface area contributed by atoms with E-state index in [9.17, 15) is 9.59 Å². The summed E-state index contributed by atoms with van der Waals surface area (Å²) in [5.41, 5.74) is 0.825. The van der Waals surface area contributed by atoms with Crippen LogP contribution in [0.25, 0.3) is 0 Å². The molecular weight excluding hydrogens is 280 g/mol. The molecule has 1 aromatic carbocycles. The van der Waals surface area contributed by atoms with E-state index in [0.29, 0.717) is 6.61 Å². The summed E-state index contributed by atoms with van der Waals surface area (Å²) in [6.07, 6.45) is 3.27. The van der Waals surface area contributed by atoms with Gasteiger partial charge < -0.3 is 15.0 Å². The minimum absolute atomic E-state index is 0.0185. The molecule has 0 aliphatic carbocycles. The Morgan fingerprint density at radius 1 is 1.14 bits per heavy atom. The predicted octanol–water partition coefficient (Wildman–Crippen LogP) is 1.65. The van der Waals surface area contributed by atoms with E-state index in [1.165, 1.54) is 0 Å². The van der Waals surface area contributed by atoms with Crippen molar-refractivity contribution in [1.29, 1.82) is 0 Å². The van der Waals surface area contributed by atoms with Gasteiger partial charge in [0.1, 0.15) is 12.1 Å². The standard InChI is InChI=1S/C17H22N2O3/c20-16(14-9-6-12-22-14)18-15(13-7-2-1-3-8-13)17(21)19-10-4-5-11-19/h1-3,7-8,14-15H,4-6,9-12H2,(H,18,20)/t14?,15-/m0/s1. The van der Waals surface area contributed by atoms with Gasteiger partial charge in [0.25, 0.3) is 0 Å². The maximum atomic E-state index is 12.8. The Morgan fingerprint density at radius 3 is 2.50 bits per heavy atom. The summed E-state index contributed by atoms with van der Waals surface area (Å²) in [4.78, 5) is 26.9. The highest BCUT2D eigenvalue weighted by Gasteiger charge is 2.32. The first-order valence-electron chi connectivity index (χ1n) is 8.01. The number of nitrogens with one attached hydrogen (secondary N) is 1. The molecule has 0 aromatic heterocycles. The van der Waals surface area contributed by atoms with Crippen molar-refractivity contribution < 1.29 is 14.3 Å². The summed E-state index contributed by atoms with van der Waals surface area (Å²) in [6, 6.07) is 8.83. The van der Waals surface area contributed by atoms with E-state index in [0.717, 1.165) is 44.3 Å². The van der Waals surface area contributed by atoms with E-state index in [1.807, 2.05) is 35.2 Å². The molecule has 5 nitrogen and oxygen atoms in total. The van der Waals surface area contributed by atoms with Crippen LogP contribution in [0, 0.1) is 0 Å². The highest BCUT2D eigenvalue weighted by atomic mass is 16.5. The molecule has 0 saturated carbocycles. The minimum atomic E-state index is -0.615. The number of ether oxygens (including phenoxy) is 1. The highest BCUT2D eigenvalue weighted by Crippen LogP contribution is 2.21. The quantitative estimate of drug-likeness (QED) is 0.920. The molecule has 3 rings (SSSR count). The fourth-order valence-electron chi connectivity index (χ4n) is 3.07. The number of benzene rings is 1. The number of hydrogen-bond acceptors (Lipinski definition) is 3. The third-order valence-electron chi connectivity index (χ3n) is 4.31. The molecule has 0 bridgehead atoms. The Kier molecular flexibility index (Phi) is 4.73. The van der Waals surface area contributed by atoms with Crippen LogP contribution in [-0.2, 0) is 14.3 Å². The normalized spacial score (nSPS) is 22.5. The molecular formula is C17H22N2O3. The molecule has 5 heteroatoms. The second kappa shape index (κ2) is 6.92. The molecule has 1 N–H and O–H groups in total. The van der Waals surface area contributed by atoms with Crippen LogP contribution < -0.4 is 5.32 Å². The zero-order valence-corrected chi connectivity index (χ0v) is 12.7. The van der Waals surface area contributed by atoms with Gasteiger partial charge in [0.05, 0.1) is 0 Å². The molecule has 2 aliphatic heterocycles. The van der Waals surface area contributed by atoms with E-state index < -0.39 is 12.1 Å². The number of carbonyl (C=O) groups excluding carboxylic acids is 2. The summed E-state index contributed by atoms with van der Waals surface area (Å²) in [5, 5.41) is 2.90. The topological polar surface area (TPSA) is 58.6 Å². The minimum Gasteiger partial charge on any atom is -0.368 e. The summed E-state index contributed by atoms with van der Waals surface area (Å²) in [7, 11) is 0. The lowest BCUT2D eigenvalue weighted by atomic mass is 10.0. The molecule has 118 valence electrons. The lowest BCUT2D eigenvalue weighted by Gasteiger charge is -2.25. The largest absolute Gasteiger partial charge is 0.368 e. The number of amides is 2. The first-order valence-corrected chi connectivity index (χ1v) is 8.01. The first kappa shape index (κ1) is 15.0. The molecule has 2 heterocycles. The van der Waals surface area contributed by atoms with Gasteiger partial charge in [-0.2, -0.15) is 0 Å². The number of rotatable bonds is 4. The van der Waals surface area contributed by atoms with E-state index in [2.05, 4.69) is 5.32 Å². The van der Waals surface area contributed by atoms with Gasteiger partial charge in [-0.15, -0.1) is 0 Å². The fraction of sp³-hybridized carbons (Fsp3) is 0.529. The molecule has 2 amide bonds. The van der Waals surface area contributed by atoms with Crippen molar-refractivity contribution in [1.82, 2.24) is 10.2 Å². The van der Waals surface area contributed by atoms with Crippen molar-refractivity contribution in [3.8, 4) is 0 Å². The molecule has 0 radical (unpaired) electrons. The van der Waals surface area contributed by atoms with E-state index >= 15 is 0 Å². The zero-order valence-electron chi connectivity index (χ0n) is 12.7. The van der Waals surface area contributed by atoms with E-state index in [1.54, 1.807) is 0 Å². The number of likely N-dealkylation sites (tertiary alicyclic amines) is 1. The van der Waals surface area contributed by atoms with E-state index in [4.69, 9.17) is 4.74 Å². The lowest BCUT2D eigenvalue weighted by molar-refractivity contribution is -0.138. The van der Waals surface area contributed by atoms with Crippen LogP contribution in [0.15, 0.2) is 30.3 Å².